The van der Waals surface area contributed by atoms with Crippen molar-refractivity contribution in [3.63, 3.8) is 0 Å². The topological polar surface area (TPSA) is 104 Å². The van der Waals surface area contributed by atoms with Crippen LogP contribution in [0.4, 0.5) is 0 Å². The summed E-state index contributed by atoms with van der Waals surface area (Å²) >= 11 is 0. The molecule has 3 aliphatic carbocycles. The smallest absolute Gasteiger partial charge is 0.446 e. The average Bonchev–Trinajstić information content (AvgIpc) is 2.90. The van der Waals surface area contributed by atoms with Crippen LogP contribution in [0.1, 0.15) is 118 Å². The minimum Gasteiger partial charge on any atom is -0.508 e. The van der Waals surface area contributed by atoms with E-state index in [-0.39, 0.29) is 33.8 Å². The Morgan fingerprint density at radius 3 is 2.49 bits per heavy atom. The molecular weight excluding hydrogens is 560 g/mol. The van der Waals surface area contributed by atoms with Crippen molar-refractivity contribution in [3.8, 4) is 11.5 Å². The summed E-state index contributed by atoms with van der Waals surface area (Å²) in [5, 5.41) is 22.0. The molecule has 7 heteroatoms. The highest BCUT2D eigenvalue weighted by molar-refractivity contribution is 7.81. The van der Waals surface area contributed by atoms with Gasteiger partial charge in [0, 0.05) is 5.41 Å². The van der Waals surface area contributed by atoms with Gasteiger partial charge in [-0.05, 0) is 137 Å². The van der Waals surface area contributed by atoms with Gasteiger partial charge in [-0.1, -0.05) is 62.6 Å². The zero-order chi connectivity index (χ0) is 31.8. The number of allylic oxidation sites excluding steroid dienone is 5. The van der Waals surface area contributed by atoms with Crippen LogP contribution in [0.15, 0.2) is 53.1 Å². The molecule has 1 unspecified atom stereocenters. The van der Waals surface area contributed by atoms with Gasteiger partial charge in [0.15, 0.2) is 0 Å². The minimum atomic E-state index is -4.66. The molecule has 4 rings (SSSR count). The summed E-state index contributed by atoms with van der Waals surface area (Å²) in [7, 11) is -4.66. The van der Waals surface area contributed by atoms with E-state index in [4.69, 9.17) is 4.18 Å². The van der Waals surface area contributed by atoms with Crippen molar-refractivity contribution in [2.24, 2.45) is 28.1 Å². The molecule has 0 spiro atoms. The SMILES string of the molecule is C=C1CC[C@H](O)[C@@](C)(CCC=C(C)C)[C@@H]1CCC1(C)CCCC2=C1CC[C@H](C)[C@@]2(C)Cc1cc(OS(=O)(=O)O)ccc1O. The first-order chi connectivity index (χ1) is 20.0. The second-order valence-corrected chi connectivity index (χ2v) is 15.9. The Hall–Kier alpha value is -2.09. The maximum atomic E-state index is 11.3. The quantitative estimate of drug-likeness (QED) is 0.180. The molecular formula is C36H54O6S. The second kappa shape index (κ2) is 12.7. The van der Waals surface area contributed by atoms with Gasteiger partial charge < -0.3 is 14.4 Å². The summed E-state index contributed by atoms with van der Waals surface area (Å²) in [5.41, 5.74) is 5.99. The number of phenolic OH excluding ortho intramolecular Hbond substituents is 1. The molecule has 0 amide bonds. The monoisotopic (exact) mass is 614 g/mol. The van der Waals surface area contributed by atoms with Crippen molar-refractivity contribution in [1.29, 1.82) is 0 Å². The van der Waals surface area contributed by atoms with Crippen molar-refractivity contribution in [1.82, 2.24) is 0 Å². The molecule has 1 saturated carbocycles. The third-order valence-electron chi connectivity index (χ3n) is 11.7. The summed E-state index contributed by atoms with van der Waals surface area (Å²) in [5.74, 6) is 0.767. The highest BCUT2D eigenvalue weighted by Crippen LogP contribution is 2.59. The number of aromatic hydroxyl groups is 1. The Morgan fingerprint density at radius 2 is 1.81 bits per heavy atom. The lowest BCUT2D eigenvalue weighted by Gasteiger charge is -2.52. The van der Waals surface area contributed by atoms with Gasteiger partial charge in [-0.3, -0.25) is 4.55 Å². The Labute approximate surface area is 260 Å². The number of aliphatic hydroxyl groups excluding tert-OH is 1. The molecule has 6 nitrogen and oxygen atoms in total. The van der Waals surface area contributed by atoms with Crippen molar-refractivity contribution < 1.29 is 27.4 Å². The fraction of sp³-hybridized carbons (Fsp3) is 0.667. The normalized spacial score (nSPS) is 33.2. The van der Waals surface area contributed by atoms with Gasteiger partial charge >= 0.3 is 10.4 Å². The standard InChI is InChI=1S/C36H54O6S/c1-24(2)10-8-20-35(6)29(25(3)12-17-33(35)38)18-21-34(5)19-9-11-31-30(34)15-13-26(4)36(31,7)23-27-22-28(14-16-32(27)37)42-43(39,40)41/h10,14,16,22,26,29,33,37-38H,3,8-9,11-13,15,17-21,23H2,1-2,4-7H3,(H,39,40,41)/t26-,29+,33-,34?,35-,36+/m0/s1. The van der Waals surface area contributed by atoms with Gasteiger partial charge in [0.05, 0.1) is 6.10 Å². The summed E-state index contributed by atoms with van der Waals surface area (Å²) in [4.78, 5) is 0. The molecule has 1 aromatic rings. The van der Waals surface area contributed by atoms with E-state index in [0.717, 1.165) is 70.6 Å². The number of aliphatic hydroxyl groups is 1. The number of hydrogen-bond donors (Lipinski definition) is 3. The first-order valence-corrected chi connectivity index (χ1v) is 17.6. The summed E-state index contributed by atoms with van der Waals surface area (Å²) in [6.07, 6.45) is 13.7. The van der Waals surface area contributed by atoms with Crippen molar-refractivity contribution in [2.75, 3.05) is 0 Å². The van der Waals surface area contributed by atoms with Gasteiger partial charge in [-0.25, -0.2) is 0 Å². The maximum absolute atomic E-state index is 11.3. The van der Waals surface area contributed by atoms with Crippen LogP contribution in [0.2, 0.25) is 0 Å². The van der Waals surface area contributed by atoms with Crippen LogP contribution < -0.4 is 4.18 Å². The van der Waals surface area contributed by atoms with Crippen LogP contribution >= 0.6 is 0 Å². The number of rotatable bonds is 10. The molecule has 1 fully saturated rings. The Morgan fingerprint density at radius 1 is 1.09 bits per heavy atom. The maximum Gasteiger partial charge on any atom is 0.446 e. The van der Waals surface area contributed by atoms with E-state index in [1.165, 1.54) is 34.9 Å². The molecule has 0 radical (unpaired) electrons. The highest BCUT2D eigenvalue weighted by Gasteiger charge is 2.48. The zero-order valence-corrected chi connectivity index (χ0v) is 28.0. The van der Waals surface area contributed by atoms with E-state index in [2.05, 4.69) is 54.2 Å². The minimum absolute atomic E-state index is 0.00687. The van der Waals surface area contributed by atoms with Crippen LogP contribution in [0.3, 0.4) is 0 Å². The largest absolute Gasteiger partial charge is 0.508 e. The molecule has 0 saturated heterocycles. The first-order valence-electron chi connectivity index (χ1n) is 16.2. The number of hydrogen-bond acceptors (Lipinski definition) is 5. The Kier molecular flexibility index (Phi) is 10.0. The fourth-order valence-corrected chi connectivity index (χ4v) is 9.09. The van der Waals surface area contributed by atoms with E-state index >= 15 is 0 Å². The van der Waals surface area contributed by atoms with E-state index in [1.807, 2.05) is 0 Å². The van der Waals surface area contributed by atoms with E-state index in [0.29, 0.717) is 23.8 Å². The fourth-order valence-electron chi connectivity index (χ4n) is 8.74. The van der Waals surface area contributed by atoms with E-state index < -0.39 is 10.4 Å². The predicted molar refractivity (Wildman–Crippen MR) is 173 cm³/mol. The molecule has 43 heavy (non-hydrogen) atoms. The molecule has 240 valence electrons. The molecule has 0 bridgehead atoms. The van der Waals surface area contributed by atoms with Gasteiger partial charge in [-0.2, -0.15) is 8.42 Å². The van der Waals surface area contributed by atoms with Crippen molar-refractivity contribution >= 4 is 10.4 Å². The molecule has 0 heterocycles. The third kappa shape index (κ3) is 7.26. The highest BCUT2D eigenvalue weighted by atomic mass is 32.3. The molecule has 1 aromatic carbocycles. The number of benzene rings is 1. The zero-order valence-electron chi connectivity index (χ0n) is 27.2. The predicted octanol–water partition coefficient (Wildman–Crippen LogP) is 8.90. The Bertz CT molecular complexity index is 1370. The first kappa shape index (κ1) is 33.8. The van der Waals surface area contributed by atoms with Crippen LogP contribution in [0.5, 0.6) is 11.5 Å². The van der Waals surface area contributed by atoms with Crippen molar-refractivity contribution in [3.05, 3.63) is 58.7 Å². The van der Waals surface area contributed by atoms with Crippen LogP contribution in [0.25, 0.3) is 0 Å². The lowest BCUT2D eigenvalue weighted by atomic mass is 9.53. The van der Waals surface area contributed by atoms with Crippen LogP contribution in [-0.2, 0) is 16.8 Å². The summed E-state index contributed by atoms with van der Waals surface area (Å²) in [6, 6.07) is 4.33. The summed E-state index contributed by atoms with van der Waals surface area (Å²) < 4.78 is 36.6. The van der Waals surface area contributed by atoms with Gasteiger partial charge in [-0.15, -0.1) is 0 Å². The lowest BCUT2D eigenvalue weighted by Crippen LogP contribution is -2.44. The molecule has 0 aromatic heterocycles. The number of phenols is 1. The van der Waals surface area contributed by atoms with E-state index in [1.54, 1.807) is 5.57 Å². The lowest BCUT2D eigenvalue weighted by molar-refractivity contribution is -0.0306. The molecule has 6 atom stereocenters. The van der Waals surface area contributed by atoms with Gasteiger partial charge in [0.2, 0.25) is 0 Å². The van der Waals surface area contributed by atoms with Crippen molar-refractivity contribution in [2.45, 2.75) is 125 Å². The molecule has 0 aliphatic heterocycles. The third-order valence-corrected chi connectivity index (χ3v) is 12.1. The van der Waals surface area contributed by atoms with Crippen LogP contribution in [-0.4, -0.2) is 29.3 Å². The average molecular weight is 615 g/mol. The molecule has 3 aliphatic rings. The molecule has 3 N–H and O–H groups in total. The van der Waals surface area contributed by atoms with Gasteiger partial charge in [0.25, 0.3) is 0 Å². The van der Waals surface area contributed by atoms with E-state index in [9.17, 15) is 23.2 Å². The second-order valence-electron chi connectivity index (χ2n) is 14.8. The van der Waals surface area contributed by atoms with Crippen LogP contribution in [0, 0.1) is 28.1 Å². The summed E-state index contributed by atoms with van der Waals surface area (Å²) in [6.45, 7) is 18.1. The Balaban J connectivity index is 1.62. The van der Waals surface area contributed by atoms with Gasteiger partial charge in [0.1, 0.15) is 11.5 Å².